The van der Waals surface area contributed by atoms with Gasteiger partial charge in [0.25, 0.3) is 0 Å². The van der Waals surface area contributed by atoms with Gasteiger partial charge in [-0.2, -0.15) is 0 Å². The molecule has 2 heterocycles. The van der Waals surface area contributed by atoms with E-state index in [1.165, 1.54) is 11.1 Å². The number of fused-ring (bicyclic) bond motifs is 1. The van der Waals surface area contributed by atoms with E-state index in [-0.39, 0.29) is 18.1 Å². The van der Waals surface area contributed by atoms with E-state index in [0.29, 0.717) is 26.1 Å². The molecule has 1 aromatic carbocycles. The molecular weight excluding hydrogens is 304 g/mol. The molecule has 0 aliphatic carbocycles. The Labute approximate surface area is 144 Å². The summed E-state index contributed by atoms with van der Waals surface area (Å²) < 4.78 is 5.53. The second kappa shape index (κ2) is 8.10. The van der Waals surface area contributed by atoms with Gasteiger partial charge in [-0.3, -0.25) is 9.69 Å². The fraction of sp³-hybridized carbons (Fsp3) is 0.632. The SMILES string of the molecule is C[C@@H](O)C[C@H]1COCCN1CCC(=O)N1CCc2ccccc2C1. The van der Waals surface area contributed by atoms with Crippen LogP contribution in [0.5, 0.6) is 0 Å². The maximum atomic E-state index is 12.6. The van der Waals surface area contributed by atoms with Crippen LogP contribution in [0.4, 0.5) is 0 Å². The van der Waals surface area contributed by atoms with Crippen LogP contribution < -0.4 is 0 Å². The van der Waals surface area contributed by atoms with Crippen molar-refractivity contribution in [2.45, 2.75) is 44.9 Å². The number of carbonyl (C=O) groups excluding carboxylic acids is 1. The standard InChI is InChI=1S/C19H28N2O3/c1-15(22)12-18-14-24-11-10-20(18)9-7-19(23)21-8-6-16-4-2-3-5-17(16)13-21/h2-5,15,18,22H,6-14H2,1H3/t15-,18+/m1/s1. The normalized spacial score (nSPS) is 22.9. The third-order valence-corrected chi connectivity index (χ3v) is 5.06. The topological polar surface area (TPSA) is 53.0 Å². The molecule has 0 aromatic heterocycles. The van der Waals surface area contributed by atoms with E-state index in [9.17, 15) is 9.90 Å². The van der Waals surface area contributed by atoms with E-state index in [4.69, 9.17) is 4.74 Å². The Morgan fingerprint density at radius 2 is 2.12 bits per heavy atom. The molecule has 0 saturated carbocycles. The number of carbonyl (C=O) groups is 1. The van der Waals surface area contributed by atoms with E-state index >= 15 is 0 Å². The Hall–Kier alpha value is -1.43. The lowest BCUT2D eigenvalue weighted by molar-refractivity contribution is -0.133. The summed E-state index contributed by atoms with van der Waals surface area (Å²) in [4.78, 5) is 16.9. The molecule has 0 bridgehead atoms. The van der Waals surface area contributed by atoms with Crippen molar-refractivity contribution >= 4 is 5.91 Å². The van der Waals surface area contributed by atoms with Gasteiger partial charge in [-0.1, -0.05) is 24.3 Å². The molecule has 1 fully saturated rings. The fourth-order valence-electron chi connectivity index (χ4n) is 3.70. The van der Waals surface area contributed by atoms with Crippen LogP contribution in [0.15, 0.2) is 24.3 Å². The van der Waals surface area contributed by atoms with Gasteiger partial charge < -0.3 is 14.7 Å². The second-order valence-corrected chi connectivity index (χ2v) is 6.93. The summed E-state index contributed by atoms with van der Waals surface area (Å²) in [6, 6.07) is 8.60. The smallest absolute Gasteiger partial charge is 0.224 e. The number of amides is 1. The highest BCUT2D eigenvalue weighted by Crippen LogP contribution is 2.19. The van der Waals surface area contributed by atoms with Gasteiger partial charge in [-0.05, 0) is 30.9 Å². The molecule has 132 valence electrons. The van der Waals surface area contributed by atoms with Crippen molar-refractivity contribution in [1.82, 2.24) is 9.80 Å². The Bertz CT molecular complexity index is 561. The van der Waals surface area contributed by atoms with Crippen molar-refractivity contribution < 1.29 is 14.6 Å². The molecule has 1 saturated heterocycles. The van der Waals surface area contributed by atoms with E-state index in [1.54, 1.807) is 0 Å². The van der Waals surface area contributed by atoms with Crippen LogP contribution in [0, 0.1) is 0 Å². The average molecular weight is 332 g/mol. The number of aliphatic hydroxyl groups is 1. The van der Waals surface area contributed by atoms with Gasteiger partial charge in [0.1, 0.15) is 0 Å². The molecule has 2 aliphatic heterocycles. The van der Waals surface area contributed by atoms with Gasteiger partial charge in [-0.15, -0.1) is 0 Å². The molecule has 3 rings (SSSR count). The van der Waals surface area contributed by atoms with E-state index in [0.717, 1.165) is 32.6 Å². The summed E-state index contributed by atoms with van der Waals surface area (Å²) in [6.07, 6.45) is 1.85. The molecule has 5 nitrogen and oxygen atoms in total. The first kappa shape index (κ1) is 17.4. The zero-order valence-corrected chi connectivity index (χ0v) is 14.5. The van der Waals surface area contributed by atoms with Gasteiger partial charge in [0, 0.05) is 38.6 Å². The zero-order valence-electron chi connectivity index (χ0n) is 14.5. The molecular formula is C19H28N2O3. The molecule has 0 spiro atoms. The van der Waals surface area contributed by atoms with Crippen molar-refractivity contribution in [3.05, 3.63) is 35.4 Å². The minimum absolute atomic E-state index is 0.216. The Morgan fingerprint density at radius 1 is 1.33 bits per heavy atom. The Kier molecular flexibility index (Phi) is 5.87. The summed E-state index contributed by atoms with van der Waals surface area (Å²) in [7, 11) is 0. The van der Waals surface area contributed by atoms with Crippen LogP contribution in [-0.4, -0.2) is 65.8 Å². The maximum absolute atomic E-state index is 12.6. The number of morpholine rings is 1. The van der Waals surface area contributed by atoms with Crippen molar-refractivity contribution in [2.24, 2.45) is 0 Å². The number of benzene rings is 1. The molecule has 2 aliphatic rings. The van der Waals surface area contributed by atoms with Crippen LogP contribution in [0.3, 0.4) is 0 Å². The Balaban J connectivity index is 1.52. The van der Waals surface area contributed by atoms with Gasteiger partial charge in [0.05, 0.1) is 19.3 Å². The predicted molar refractivity (Wildman–Crippen MR) is 92.7 cm³/mol. The average Bonchev–Trinajstić information content (AvgIpc) is 2.60. The summed E-state index contributed by atoms with van der Waals surface area (Å²) in [5, 5.41) is 9.64. The molecule has 5 heteroatoms. The largest absolute Gasteiger partial charge is 0.393 e. The number of hydrogen-bond donors (Lipinski definition) is 1. The Morgan fingerprint density at radius 3 is 2.92 bits per heavy atom. The number of nitrogens with zero attached hydrogens (tertiary/aromatic N) is 2. The van der Waals surface area contributed by atoms with E-state index in [2.05, 4.69) is 23.1 Å². The van der Waals surface area contributed by atoms with Crippen LogP contribution in [0.2, 0.25) is 0 Å². The number of ether oxygens (including phenoxy) is 1. The first-order valence-electron chi connectivity index (χ1n) is 8.98. The van der Waals surface area contributed by atoms with Gasteiger partial charge >= 0.3 is 0 Å². The number of rotatable bonds is 5. The van der Waals surface area contributed by atoms with Gasteiger partial charge in [0.2, 0.25) is 5.91 Å². The zero-order chi connectivity index (χ0) is 16.9. The minimum Gasteiger partial charge on any atom is -0.393 e. The quantitative estimate of drug-likeness (QED) is 0.886. The first-order valence-corrected chi connectivity index (χ1v) is 8.98. The third-order valence-electron chi connectivity index (χ3n) is 5.06. The fourth-order valence-corrected chi connectivity index (χ4v) is 3.70. The summed E-state index contributed by atoms with van der Waals surface area (Å²) >= 11 is 0. The molecule has 0 radical (unpaired) electrons. The molecule has 1 amide bonds. The predicted octanol–water partition coefficient (Wildman–Crippen LogP) is 1.43. The molecule has 0 unspecified atom stereocenters. The lowest BCUT2D eigenvalue weighted by atomic mass is 9.99. The third kappa shape index (κ3) is 4.35. The number of hydrogen-bond acceptors (Lipinski definition) is 4. The molecule has 24 heavy (non-hydrogen) atoms. The molecule has 1 aromatic rings. The lowest BCUT2D eigenvalue weighted by Gasteiger charge is -2.37. The van der Waals surface area contributed by atoms with Crippen LogP contribution in [0.25, 0.3) is 0 Å². The number of aliphatic hydroxyl groups excluding tert-OH is 1. The summed E-state index contributed by atoms with van der Waals surface area (Å²) in [6.45, 7) is 6.30. The van der Waals surface area contributed by atoms with Crippen molar-refractivity contribution in [1.29, 1.82) is 0 Å². The van der Waals surface area contributed by atoms with Crippen molar-refractivity contribution in [2.75, 3.05) is 32.8 Å². The second-order valence-electron chi connectivity index (χ2n) is 6.93. The van der Waals surface area contributed by atoms with Crippen LogP contribution >= 0.6 is 0 Å². The maximum Gasteiger partial charge on any atom is 0.224 e. The van der Waals surface area contributed by atoms with Gasteiger partial charge in [0.15, 0.2) is 0 Å². The van der Waals surface area contributed by atoms with E-state index in [1.807, 2.05) is 17.9 Å². The first-order chi connectivity index (χ1) is 11.6. The summed E-state index contributed by atoms with van der Waals surface area (Å²) in [5.41, 5.74) is 2.64. The lowest BCUT2D eigenvalue weighted by Crippen LogP contribution is -2.48. The highest BCUT2D eigenvalue weighted by molar-refractivity contribution is 5.76. The summed E-state index contributed by atoms with van der Waals surface area (Å²) in [5.74, 6) is 0.229. The molecule has 2 atom stereocenters. The van der Waals surface area contributed by atoms with Crippen LogP contribution in [-0.2, 0) is 22.5 Å². The highest BCUT2D eigenvalue weighted by atomic mass is 16.5. The van der Waals surface area contributed by atoms with Crippen molar-refractivity contribution in [3.8, 4) is 0 Å². The monoisotopic (exact) mass is 332 g/mol. The molecule has 1 N–H and O–H groups in total. The van der Waals surface area contributed by atoms with Crippen molar-refractivity contribution in [3.63, 3.8) is 0 Å². The van der Waals surface area contributed by atoms with Crippen LogP contribution in [0.1, 0.15) is 30.9 Å². The minimum atomic E-state index is -0.339. The highest BCUT2D eigenvalue weighted by Gasteiger charge is 2.26. The van der Waals surface area contributed by atoms with E-state index < -0.39 is 0 Å². The van der Waals surface area contributed by atoms with Gasteiger partial charge in [-0.25, -0.2) is 0 Å².